The van der Waals surface area contributed by atoms with Gasteiger partial charge < -0.3 is 4.90 Å². The highest BCUT2D eigenvalue weighted by molar-refractivity contribution is 9.10. The van der Waals surface area contributed by atoms with E-state index in [1.54, 1.807) is 17.0 Å². The van der Waals surface area contributed by atoms with Crippen LogP contribution in [-0.4, -0.2) is 27.8 Å². The Morgan fingerprint density at radius 2 is 2.10 bits per heavy atom. The summed E-state index contributed by atoms with van der Waals surface area (Å²) in [5.41, 5.74) is -0.255. The molecule has 6 heteroatoms. The number of carbonyl (C=O) groups is 1. The van der Waals surface area contributed by atoms with Gasteiger partial charge in [0.25, 0.3) is 11.6 Å². The maximum atomic E-state index is 12.6. The van der Waals surface area contributed by atoms with Crippen molar-refractivity contribution in [1.82, 2.24) is 4.90 Å². The molecule has 1 rings (SSSR count). The van der Waals surface area contributed by atoms with Crippen LogP contribution in [0.5, 0.6) is 0 Å². The molecule has 1 aromatic carbocycles. The average Bonchev–Trinajstić information content (AvgIpc) is 2.33. The van der Waals surface area contributed by atoms with Crippen molar-refractivity contribution in [3.05, 3.63) is 51.0 Å². The first-order valence-corrected chi connectivity index (χ1v) is 6.85. The number of halogens is 1. The Bertz CT molecular complexity index is 550. The first kappa shape index (κ1) is 16.4. The summed E-state index contributed by atoms with van der Waals surface area (Å²) in [4.78, 5) is 24.6. The summed E-state index contributed by atoms with van der Waals surface area (Å²) in [7, 11) is 0. The second kappa shape index (κ2) is 6.17. The molecule has 1 aromatic rings. The van der Waals surface area contributed by atoms with Crippen LogP contribution in [0.4, 0.5) is 5.69 Å². The number of hydrogen-bond donors (Lipinski definition) is 0. The molecule has 1 amide bonds. The van der Waals surface area contributed by atoms with Gasteiger partial charge in [-0.3, -0.25) is 14.9 Å². The third-order valence-corrected chi connectivity index (χ3v) is 3.61. The summed E-state index contributed by atoms with van der Waals surface area (Å²) in [6.07, 6.45) is 1.63. The zero-order valence-corrected chi connectivity index (χ0v) is 13.3. The van der Waals surface area contributed by atoms with E-state index in [4.69, 9.17) is 0 Å². The lowest BCUT2D eigenvalue weighted by atomic mass is 10.0. The van der Waals surface area contributed by atoms with Crippen molar-refractivity contribution in [3.8, 4) is 0 Å². The lowest BCUT2D eigenvalue weighted by Gasteiger charge is -2.35. The van der Waals surface area contributed by atoms with Crippen LogP contribution in [0.2, 0.25) is 0 Å². The van der Waals surface area contributed by atoms with Crippen LogP contribution < -0.4 is 0 Å². The molecule has 0 aliphatic carbocycles. The highest BCUT2D eigenvalue weighted by Gasteiger charge is 2.29. The summed E-state index contributed by atoms with van der Waals surface area (Å²) < 4.78 is 0.202. The Balaban J connectivity index is 3.29. The van der Waals surface area contributed by atoms with Crippen molar-refractivity contribution < 1.29 is 9.72 Å². The van der Waals surface area contributed by atoms with Gasteiger partial charge in [-0.15, -0.1) is 6.58 Å². The number of nitrogens with zero attached hydrogens (tertiary/aromatic N) is 2. The van der Waals surface area contributed by atoms with Gasteiger partial charge in [0.15, 0.2) is 0 Å². The van der Waals surface area contributed by atoms with Crippen molar-refractivity contribution >= 4 is 27.5 Å². The van der Waals surface area contributed by atoms with E-state index in [2.05, 4.69) is 22.5 Å². The van der Waals surface area contributed by atoms with E-state index in [0.717, 1.165) is 0 Å². The van der Waals surface area contributed by atoms with Crippen LogP contribution in [0.3, 0.4) is 0 Å². The van der Waals surface area contributed by atoms with Crippen LogP contribution in [0, 0.1) is 10.1 Å². The summed E-state index contributed by atoms with van der Waals surface area (Å²) >= 11 is 3.15. The lowest BCUT2D eigenvalue weighted by molar-refractivity contribution is -0.385. The van der Waals surface area contributed by atoms with Crippen molar-refractivity contribution in [2.75, 3.05) is 6.54 Å². The SMILES string of the molecule is C=CCN(C(=O)c1cccc([N+](=O)[O-])c1Br)C(C)(C)C. The van der Waals surface area contributed by atoms with E-state index in [-0.39, 0.29) is 21.6 Å². The van der Waals surface area contributed by atoms with Crippen LogP contribution in [0.25, 0.3) is 0 Å². The van der Waals surface area contributed by atoms with E-state index >= 15 is 0 Å². The average molecular weight is 341 g/mol. The molecule has 0 saturated heterocycles. The predicted molar refractivity (Wildman–Crippen MR) is 81.8 cm³/mol. The van der Waals surface area contributed by atoms with Crippen molar-refractivity contribution in [2.24, 2.45) is 0 Å². The second-order valence-corrected chi connectivity index (χ2v) is 6.06. The topological polar surface area (TPSA) is 63.5 Å². The van der Waals surface area contributed by atoms with Gasteiger partial charge in [0.1, 0.15) is 4.47 Å². The first-order chi connectivity index (χ1) is 9.20. The van der Waals surface area contributed by atoms with Gasteiger partial charge in [-0.25, -0.2) is 0 Å². The summed E-state index contributed by atoms with van der Waals surface area (Å²) in [5, 5.41) is 10.9. The molecule has 0 fully saturated rings. The Morgan fingerprint density at radius 1 is 1.50 bits per heavy atom. The molecule has 0 bridgehead atoms. The van der Waals surface area contributed by atoms with Crippen molar-refractivity contribution in [2.45, 2.75) is 26.3 Å². The Hall–Kier alpha value is -1.69. The van der Waals surface area contributed by atoms with E-state index in [1.165, 1.54) is 12.1 Å². The van der Waals surface area contributed by atoms with E-state index in [9.17, 15) is 14.9 Å². The maximum absolute atomic E-state index is 12.6. The molecule has 20 heavy (non-hydrogen) atoms. The lowest BCUT2D eigenvalue weighted by Crippen LogP contribution is -2.45. The highest BCUT2D eigenvalue weighted by Crippen LogP contribution is 2.30. The quantitative estimate of drug-likeness (QED) is 0.476. The zero-order valence-electron chi connectivity index (χ0n) is 11.7. The molecule has 0 aromatic heterocycles. The number of nitro groups is 1. The van der Waals surface area contributed by atoms with Crippen LogP contribution in [0.1, 0.15) is 31.1 Å². The number of hydrogen-bond acceptors (Lipinski definition) is 3. The van der Waals surface area contributed by atoms with E-state index < -0.39 is 10.5 Å². The molecule has 108 valence electrons. The van der Waals surface area contributed by atoms with Gasteiger partial charge in [0, 0.05) is 18.2 Å². The first-order valence-electron chi connectivity index (χ1n) is 6.06. The minimum atomic E-state index is -0.518. The van der Waals surface area contributed by atoms with E-state index in [1.807, 2.05) is 20.8 Å². The Labute approximate surface area is 126 Å². The third-order valence-electron chi connectivity index (χ3n) is 2.77. The van der Waals surface area contributed by atoms with Gasteiger partial charge >= 0.3 is 0 Å². The highest BCUT2D eigenvalue weighted by atomic mass is 79.9. The summed E-state index contributed by atoms with van der Waals surface area (Å²) in [6.45, 7) is 9.72. The van der Waals surface area contributed by atoms with Gasteiger partial charge in [0.05, 0.1) is 10.5 Å². The maximum Gasteiger partial charge on any atom is 0.284 e. The number of nitro benzene ring substituents is 1. The van der Waals surface area contributed by atoms with Gasteiger partial charge in [0.2, 0.25) is 0 Å². The van der Waals surface area contributed by atoms with Crippen molar-refractivity contribution in [1.29, 1.82) is 0 Å². The molecule has 0 spiro atoms. The third kappa shape index (κ3) is 3.45. The molecule has 0 radical (unpaired) electrons. The fourth-order valence-corrected chi connectivity index (χ4v) is 2.34. The minimum Gasteiger partial charge on any atom is -0.330 e. The molecular weight excluding hydrogens is 324 g/mol. The Kier molecular flexibility index (Phi) is 5.05. The molecule has 0 atom stereocenters. The number of benzene rings is 1. The molecule has 0 N–H and O–H groups in total. The fourth-order valence-electron chi connectivity index (χ4n) is 1.76. The van der Waals surface area contributed by atoms with Gasteiger partial charge in [-0.05, 0) is 42.8 Å². The molecule has 0 aliphatic rings. The molecule has 0 heterocycles. The largest absolute Gasteiger partial charge is 0.330 e. The summed E-state index contributed by atoms with van der Waals surface area (Å²) in [6, 6.07) is 4.43. The number of amides is 1. The molecule has 0 aliphatic heterocycles. The molecule has 0 saturated carbocycles. The number of carbonyl (C=O) groups excluding carboxylic acids is 1. The monoisotopic (exact) mass is 340 g/mol. The van der Waals surface area contributed by atoms with Gasteiger partial charge in [-0.1, -0.05) is 12.1 Å². The predicted octanol–water partition coefficient (Wildman–Crippen LogP) is 3.78. The van der Waals surface area contributed by atoms with Crippen LogP contribution in [-0.2, 0) is 0 Å². The molecule has 0 unspecified atom stereocenters. The van der Waals surface area contributed by atoms with Crippen LogP contribution >= 0.6 is 15.9 Å². The minimum absolute atomic E-state index is 0.122. The zero-order chi connectivity index (χ0) is 15.5. The molecule has 5 nitrogen and oxygen atoms in total. The second-order valence-electron chi connectivity index (χ2n) is 5.27. The van der Waals surface area contributed by atoms with Crippen molar-refractivity contribution in [3.63, 3.8) is 0 Å². The standard InChI is InChI=1S/C14H17BrN2O3/c1-5-9-16(14(2,3)4)13(18)10-7-6-8-11(12(10)15)17(19)20/h5-8H,1,9H2,2-4H3. The van der Waals surface area contributed by atoms with E-state index in [0.29, 0.717) is 6.54 Å². The number of rotatable bonds is 4. The fraction of sp³-hybridized carbons (Fsp3) is 0.357. The summed E-state index contributed by atoms with van der Waals surface area (Å²) in [5.74, 6) is -0.270. The normalized spacial score (nSPS) is 11.0. The van der Waals surface area contributed by atoms with Gasteiger partial charge in [-0.2, -0.15) is 0 Å². The Morgan fingerprint density at radius 3 is 2.55 bits per heavy atom. The molecular formula is C14H17BrN2O3. The van der Waals surface area contributed by atoms with Crippen LogP contribution in [0.15, 0.2) is 35.3 Å². The smallest absolute Gasteiger partial charge is 0.284 e.